The summed E-state index contributed by atoms with van der Waals surface area (Å²) in [5.41, 5.74) is 1.94. The minimum atomic E-state index is 0.0950. The first-order valence-electron chi connectivity index (χ1n) is 9.10. The van der Waals surface area contributed by atoms with Gasteiger partial charge in [0, 0.05) is 24.7 Å². The normalized spacial score (nSPS) is 19.2. The first-order valence-corrected chi connectivity index (χ1v) is 9.10. The molecule has 0 bridgehead atoms. The van der Waals surface area contributed by atoms with Crippen LogP contribution in [0.1, 0.15) is 68.0 Å². The zero-order valence-electron chi connectivity index (χ0n) is 15.5. The first-order chi connectivity index (χ1) is 12.0. The lowest BCUT2D eigenvalue weighted by atomic mass is 9.98. The molecule has 7 nitrogen and oxygen atoms in total. The van der Waals surface area contributed by atoms with Gasteiger partial charge in [-0.2, -0.15) is 10.1 Å². The van der Waals surface area contributed by atoms with Crippen LogP contribution in [0.2, 0.25) is 0 Å². The average Bonchev–Trinajstić information content (AvgIpc) is 3.21. The Morgan fingerprint density at radius 3 is 2.92 bits per heavy atom. The third-order valence-electron chi connectivity index (χ3n) is 5.02. The molecule has 2 atom stereocenters. The molecule has 3 heterocycles. The van der Waals surface area contributed by atoms with E-state index in [1.54, 1.807) is 4.68 Å². The van der Waals surface area contributed by atoms with Gasteiger partial charge in [-0.1, -0.05) is 19.0 Å². The summed E-state index contributed by atoms with van der Waals surface area (Å²) in [4.78, 5) is 19.1. The molecule has 1 fully saturated rings. The molecule has 1 amide bonds. The zero-order valence-corrected chi connectivity index (χ0v) is 15.5. The predicted octanol–water partition coefficient (Wildman–Crippen LogP) is 2.80. The second-order valence-electron chi connectivity index (χ2n) is 7.06. The van der Waals surface area contributed by atoms with Crippen molar-refractivity contribution in [2.24, 2.45) is 0 Å². The van der Waals surface area contributed by atoms with Gasteiger partial charge in [0.1, 0.15) is 6.54 Å². The van der Waals surface area contributed by atoms with Crippen molar-refractivity contribution in [1.29, 1.82) is 0 Å². The van der Waals surface area contributed by atoms with E-state index in [4.69, 9.17) is 4.52 Å². The van der Waals surface area contributed by atoms with Gasteiger partial charge in [0.05, 0.1) is 11.6 Å². The molecule has 0 unspecified atom stereocenters. The second-order valence-corrected chi connectivity index (χ2v) is 7.06. The quantitative estimate of drug-likeness (QED) is 0.833. The third-order valence-corrected chi connectivity index (χ3v) is 5.02. The number of carbonyl (C=O) groups excluding carboxylic acids is 1. The second kappa shape index (κ2) is 7.37. The highest BCUT2D eigenvalue weighted by molar-refractivity contribution is 5.76. The minimum absolute atomic E-state index is 0.0950. The van der Waals surface area contributed by atoms with Crippen molar-refractivity contribution in [3.8, 4) is 0 Å². The highest BCUT2D eigenvalue weighted by Gasteiger charge is 2.29. The Kier molecular flexibility index (Phi) is 5.20. The lowest BCUT2D eigenvalue weighted by Gasteiger charge is -2.31. The minimum Gasteiger partial charge on any atom is -0.340 e. The lowest BCUT2D eigenvalue weighted by Crippen LogP contribution is -2.41. The fourth-order valence-corrected chi connectivity index (χ4v) is 3.26. The van der Waals surface area contributed by atoms with Crippen LogP contribution in [0.15, 0.2) is 10.6 Å². The van der Waals surface area contributed by atoms with Gasteiger partial charge >= 0.3 is 0 Å². The van der Waals surface area contributed by atoms with Crippen LogP contribution in [0.3, 0.4) is 0 Å². The summed E-state index contributed by atoms with van der Waals surface area (Å²) in [6, 6.07) is 1.99. The molecule has 0 aliphatic carbocycles. The first kappa shape index (κ1) is 17.6. The van der Waals surface area contributed by atoms with Crippen LogP contribution in [-0.4, -0.2) is 43.8 Å². The average molecular weight is 345 g/mol. The number of piperidine rings is 1. The van der Waals surface area contributed by atoms with E-state index in [1.165, 1.54) is 0 Å². The van der Waals surface area contributed by atoms with E-state index in [0.717, 1.165) is 43.0 Å². The molecule has 0 N–H and O–H groups in total. The molecule has 1 aliphatic rings. The number of nitrogens with zero attached hydrogens (tertiary/aromatic N) is 5. The molecular formula is C18H27N5O2. The van der Waals surface area contributed by atoms with Crippen molar-refractivity contribution in [2.45, 2.75) is 65.3 Å². The lowest BCUT2D eigenvalue weighted by molar-refractivity contribution is -0.133. The van der Waals surface area contributed by atoms with E-state index in [1.807, 2.05) is 24.8 Å². The van der Waals surface area contributed by atoms with Crippen LogP contribution in [0.5, 0.6) is 0 Å². The molecule has 0 aromatic carbocycles. The summed E-state index contributed by atoms with van der Waals surface area (Å²) in [5, 5.41) is 8.49. The van der Waals surface area contributed by atoms with Gasteiger partial charge in [0.2, 0.25) is 11.8 Å². The molecule has 1 aliphatic heterocycles. The monoisotopic (exact) mass is 345 g/mol. The predicted molar refractivity (Wildman–Crippen MR) is 93.3 cm³/mol. The largest absolute Gasteiger partial charge is 0.340 e. The van der Waals surface area contributed by atoms with E-state index < -0.39 is 0 Å². The molecule has 0 spiro atoms. The summed E-state index contributed by atoms with van der Waals surface area (Å²) in [6.07, 6.45) is 2.91. The van der Waals surface area contributed by atoms with Crippen LogP contribution in [-0.2, 0) is 11.3 Å². The van der Waals surface area contributed by atoms with Crippen molar-refractivity contribution in [3.05, 3.63) is 29.2 Å². The Balaban J connectivity index is 1.65. The summed E-state index contributed by atoms with van der Waals surface area (Å²) in [6.45, 7) is 9.83. The molecule has 1 saturated heterocycles. The van der Waals surface area contributed by atoms with E-state index in [2.05, 4.69) is 29.1 Å². The van der Waals surface area contributed by atoms with Gasteiger partial charge in [-0.15, -0.1) is 0 Å². The summed E-state index contributed by atoms with van der Waals surface area (Å²) in [5.74, 6) is 1.95. The fourth-order valence-electron chi connectivity index (χ4n) is 3.26. The molecule has 136 valence electrons. The molecule has 3 rings (SSSR count). The van der Waals surface area contributed by atoms with Crippen LogP contribution >= 0.6 is 0 Å². The number of hydrogen-bond acceptors (Lipinski definition) is 5. The molecule has 0 saturated carbocycles. The van der Waals surface area contributed by atoms with Crippen molar-refractivity contribution < 1.29 is 9.32 Å². The number of carbonyl (C=O) groups is 1. The van der Waals surface area contributed by atoms with Crippen molar-refractivity contribution in [3.63, 3.8) is 0 Å². The maximum atomic E-state index is 12.7. The van der Waals surface area contributed by atoms with E-state index in [0.29, 0.717) is 18.4 Å². The van der Waals surface area contributed by atoms with E-state index in [9.17, 15) is 4.79 Å². The Morgan fingerprint density at radius 2 is 2.24 bits per heavy atom. The van der Waals surface area contributed by atoms with Crippen LogP contribution in [0, 0.1) is 13.8 Å². The maximum Gasteiger partial charge on any atom is 0.244 e. The fraction of sp³-hybridized carbons (Fsp3) is 0.667. The van der Waals surface area contributed by atoms with E-state index >= 15 is 0 Å². The smallest absolute Gasteiger partial charge is 0.244 e. The van der Waals surface area contributed by atoms with Gasteiger partial charge in [-0.25, -0.2) is 0 Å². The van der Waals surface area contributed by atoms with E-state index in [-0.39, 0.29) is 18.4 Å². The molecule has 7 heteroatoms. The maximum absolute atomic E-state index is 12.7. The van der Waals surface area contributed by atoms with Crippen molar-refractivity contribution >= 4 is 5.91 Å². The summed E-state index contributed by atoms with van der Waals surface area (Å²) in [7, 11) is 0. The van der Waals surface area contributed by atoms with Gasteiger partial charge in [0.15, 0.2) is 5.82 Å². The van der Waals surface area contributed by atoms with Gasteiger partial charge < -0.3 is 9.42 Å². The zero-order chi connectivity index (χ0) is 18.0. The summed E-state index contributed by atoms with van der Waals surface area (Å²) >= 11 is 0. The van der Waals surface area contributed by atoms with Crippen molar-refractivity contribution in [2.75, 3.05) is 13.1 Å². The van der Waals surface area contributed by atoms with Crippen LogP contribution in [0.25, 0.3) is 0 Å². The number of amides is 1. The highest BCUT2D eigenvalue weighted by atomic mass is 16.5. The molecule has 2 aromatic heterocycles. The van der Waals surface area contributed by atoms with Gasteiger partial charge in [-0.05, 0) is 39.2 Å². The Labute approximate surface area is 148 Å². The van der Waals surface area contributed by atoms with Crippen LogP contribution in [0.4, 0.5) is 0 Å². The topological polar surface area (TPSA) is 77.0 Å². The Morgan fingerprint density at radius 1 is 1.44 bits per heavy atom. The Hall–Kier alpha value is -2.18. The number of rotatable bonds is 5. The number of hydrogen-bond donors (Lipinski definition) is 0. The van der Waals surface area contributed by atoms with Crippen molar-refractivity contribution in [1.82, 2.24) is 24.8 Å². The molecule has 25 heavy (non-hydrogen) atoms. The summed E-state index contributed by atoms with van der Waals surface area (Å²) < 4.78 is 7.25. The molecule has 0 radical (unpaired) electrons. The Bertz CT molecular complexity index is 736. The SMILES string of the molecule is CC[C@H](C)c1noc([C@H]2CCCN(C(=O)Cn3nc(C)cc3C)C2)n1. The number of likely N-dealkylation sites (tertiary alicyclic amines) is 1. The van der Waals surface area contributed by atoms with Gasteiger partial charge in [-0.3, -0.25) is 9.48 Å². The third kappa shape index (κ3) is 3.91. The standard InChI is InChI=1S/C18H27N5O2/c1-5-12(2)17-19-18(25-21-17)15-7-6-8-22(10-15)16(24)11-23-14(4)9-13(3)20-23/h9,12,15H,5-8,10-11H2,1-4H3/t12-,15-/m0/s1. The van der Waals surface area contributed by atoms with Gasteiger partial charge in [0.25, 0.3) is 0 Å². The molecular weight excluding hydrogens is 318 g/mol. The molecule has 2 aromatic rings. The number of aryl methyl sites for hydroxylation is 2. The van der Waals surface area contributed by atoms with Crippen LogP contribution < -0.4 is 0 Å². The highest BCUT2D eigenvalue weighted by Crippen LogP contribution is 2.27. The number of aromatic nitrogens is 4.